The molecule has 0 aromatic carbocycles. The van der Waals surface area contributed by atoms with Gasteiger partial charge in [-0.25, -0.2) is 0 Å². The monoisotopic (exact) mass is 183 g/mol. The Morgan fingerprint density at radius 2 is 1.38 bits per heavy atom. The largest absolute Gasteiger partial charge is 0.0628 e. The first-order chi connectivity index (χ1) is 5.93. The van der Waals surface area contributed by atoms with E-state index in [0.717, 1.165) is 17.8 Å². The maximum absolute atomic E-state index is 4.06. The smallest absolute Gasteiger partial charge is 0.0414 e. The Morgan fingerprint density at radius 3 is 1.77 bits per heavy atom. The van der Waals surface area contributed by atoms with Crippen molar-refractivity contribution in [1.29, 1.82) is 0 Å². The Bertz CT molecular complexity index is 113. The molecule has 3 atom stereocenters. The van der Waals surface area contributed by atoms with Crippen LogP contribution in [0.3, 0.4) is 0 Å². The molecule has 0 amide bonds. The minimum atomic E-state index is 0.608. The first-order valence-electron chi connectivity index (χ1n) is 5.76. The van der Waals surface area contributed by atoms with Crippen LogP contribution in [0.5, 0.6) is 0 Å². The van der Waals surface area contributed by atoms with E-state index in [1.54, 1.807) is 0 Å². The summed E-state index contributed by atoms with van der Waals surface area (Å²) < 4.78 is 0. The van der Waals surface area contributed by atoms with Gasteiger partial charge >= 0.3 is 0 Å². The van der Waals surface area contributed by atoms with Crippen LogP contribution in [0.1, 0.15) is 53.9 Å². The molecule has 0 heterocycles. The highest BCUT2D eigenvalue weighted by Crippen LogP contribution is 2.24. The number of hydrogen-bond acceptors (Lipinski definition) is 0. The summed E-state index contributed by atoms with van der Waals surface area (Å²) in [5.41, 5.74) is 0. The molecule has 0 aliphatic rings. The van der Waals surface area contributed by atoms with Crippen LogP contribution in [-0.4, -0.2) is 0 Å². The summed E-state index contributed by atoms with van der Waals surface area (Å²) in [6.45, 7) is 15.6. The molecular weight excluding hydrogens is 156 g/mol. The second kappa shape index (κ2) is 6.45. The van der Waals surface area contributed by atoms with Gasteiger partial charge in [0, 0.05) is 0 Å². The molecule has 0 fully saturated rings. The van der Waals surface area contributed by atoms with Crippen molar-refractivity contribution < 1.29 is 0 Å². The van der Waals surface area contributed by atoms with E-state index in [2.05, 4.69) is 41.5 Å². The molecule has 0 aliphatic carbocycles. The molecule has 79 valence electrons. The van der Waals surface area contributed by atoms with Crippen molar-refractivity contribution in [2.45, 2.75) is 53.9 Å². The van der Waals surface area contributed by atoms with Crippen molar-refractivity contribution in [1.82, 2.24) is 0 Å². The molecule has 0 aromatic heterocycles. The fraction of sp³-hybridized carbons (Fsp3) is 0.923. The van der Waals surface area contributed by atoms with Crippen LogP contribution < -0.4 is 0 Å². The van der Waals surface area contributed by atoms with Gasteiger partial charge < -0.3 is 0 Å². The second-order valence-corrected chi connectivity index (χ2v) is 5.27. The highest BCUT2D eigenvalue weighted by Gasteiger charge is 2.13. The third kappa shape index (κ3) is 7.10. The minimum Gasteiger partial charge on any atom is -0.0628 e. The van der Waals surface area contributed by atoms with Gasteiger partial charge in [-0.1, -0.05) is 54.4 Å². The highest BCUT2D eigenvalue weighted by atomic mass is 14.2. The lowest BCUT2D eigenvalue weighted by Gasteiger charge is -2.22. The van der Waals surface area contributed by atoms with Gasteiger partial charge in [-0.15, -0.1) is 0 Å². The molecule has 3 unspecified atom stereocenters. The lowest BCUT2D eigenvalue weighted by atomic mass is 9.84. The van der Waals surface area contributed by atoms with Crippen molar-refractivity contribution in [3.05, 3.63) is 6.92 Å². The summed E-state index contributed by atoms with van der Waals surface area (Å²) in [6, 6.07) is 0. The van der Waals surface area contributed by atoms with Crippen molar-refractivity contribution in [3.8, 4) is 0 Å². The van der Waals surface area contributed by atoms with Crippen LogP contribution in [0.2, 0.25) is 0 Å². The van der Waals surface area contributed by atoms with E-state index in [9.17, 15) is 0 Å². The average molecular weight is 183 g/mol. The van der Waals surface area contributed by atoms with E-state index in [-0.39, 0.29) is 0 Å². The number of hydrogen-bond donors (Lipinski definition) is 0. The summed E-state index contributed by atoms with van der Waals surface area (Å²) in [4.78, 5) is 0. The van der Waals surface area contributed by atoms with Gasteiger partial charge in [0.2, 0.25) is 0 Å². The molecule has 0 aliphatic heterocycles. The van der Waals surface area contributed by atoms with E-state index in [4.69, 9.17) is 0 Å². The Kier molecular flexibility index (Phi) is 6.45. The Labute approximate surface area is 85.1 Å². The van der Waals surface area contributed by atoms with Gasteiger partial charge in [-0.2, -0.15) is 0 Å². The predicted molar refractivity (Wildman–Crippen MR) is 61.5 cm³/mol. The van der Waals surface area contributed by atoms with Crippen LogP contribution in [0.15, 0.2) is 0 Å². The van der Waals surface area contributed by atoms with Gasteiger partial charge in [0.05, 0.1) is 0 Å². The Balaban J connectivity index is 3.62. The second-order valence-electron chi connectivity index (χ2n) is 5.27. The molecule has 0 rings (SSSR count). The maximum atomic E-state index is 4.06. The molecule has 0 N–H and O–H groups in total. The molecule has 0 bridgehead atoms. The first-order valence-corrected chi connectivity index (χ1v) is 5.76. The third-order valence-corrected chi connectivity index (χ3v) is 2.94. The standard InChI is InChI=1S/C13H27/c1-10(2)7-8-12(5)13(6)9-11(3)4/h10-13H,3,7-9H2,1-2,4-6H3. The van der Waals surface area contributed by atoms with Crippen LogP contribution in [0.25, 0.3) is 0 Å². The zero-order valence-electron chi connectivity index (χ0n) is 10.1. The molecule has 0 heteroatoms. The molecule has 13 heavy (non-hydrogen) atoms. The molecular formula is C13H27. The zero-order chi connectivity index (χ0) is 10.4. The quantitative estimate of drug-likeness (QED) is 0.566. The summed E-state index contributed by atoms with van der Waals surface area (Å²) in [5, 5.41) is 0. The van der Waals surface area contributed by atoms with Crippen molar-refractivity contribution in [3.63, 3.8) is 0 Å². The summed E-state index contributed by atoms with van der Waals surface area (Å²) in [5.74, 6) is 3.17. The summed E-state index contributed by atoms with van der Waals surface area (Å²) >= 11 is 0. The van der Waals surface area contributed by atoms with Gasteiger partial charge in [0.25, 0.3) is 0 Å². The Hall–Kier alpha value is 0. The van der Waals surface area contributed by atoms with Gasteiger partial charge in [-0.3, -0.25) is 0 Å². The lowest BCUT2D eigenvalue weighted by Crippen LogP contribution is -2.11. The van der Waals surface area contributed by atoms with Crippen molar-refractivity contribution >= 4 is 0 Å². The fourth-order valence-corrected chi connectivity index (χ4v) is 1.75. The van der Waals surface area contributed by atoms with Crippen molar-refractivity contribution in [2.24, 2.45) is 23.7 Å². The van der Waals surface area contributed by atoms with Gasteiger partial charge in [0.15, 0.2) is 0 Å². The van der Waals surface area contributed by atoms with Crippen molar-refractivity contribution in [2.75, 3.05) is 0 Å². The SMILES string of the molecule is [CH2]C(C)CC(C)C(C)CCC(C)C. The topological polar surface area (TPSA) is 0 Å². The predicted octanol–water partition coefficient (Wildman–Crippen LogP) is 4.56. The zero-order valence-corrected chi connectivity index (χ0v) is 10.1. The fourth-order valence-electron chi connectivity index (χ4n) is 1.75. The van der Waals surface area contributed by atoms with Crippen LogP contribution in [-0.2, 0) is 0 Å². The van der Waals surface area contributed by atoms with Crippen LogP contribution >= 0.6 is 0 Å². The molecule has 0 saturated heterocycles. The normalized spacial score (nSPS) is 16.6. The molecule has 0 nitrogen and oxygen atoms in total. The van der Waals surface area contributed by atoms with E-state index >= 15 is 0 Å². The lowest BCUT2D eigenvalue weighted by molar-refractivity contribution is 0.300. The van der Waals surface area contributed by atoms with E-state index in [1.807, 2.05) is 0 Å². The number of rotatable bonds is 6. The summed E-state index contributed by atoms with van der Waals surface area (Å²) in [7, 11) is 0. The molecule has 0 spiro atoms. The Morgan fingerprint density at radius 1 is 0.846 bits per heavy atom. The minimum absolute atomic E-state index is 0.608. The van der Waals surface area contributed by atoms with Crippen LogP contribution in [0, 0.1) is 30.6 Å². The molecule has 0 aromatic rings. The van der Waals surface area contributed by atoms with Crippen LogP contribution in [0.4, 0.5) is 0 Å². The van der Waals surface area contributed by atoms with E-state index in [1.165, 1.54) is 19.3 Å². The first kappa shape index (κ1) is 13.0. The molecule has 0 saturated carbocycles. The van der Waals surface area contributed by atoms with Gasteiger partial charge in [0.1, 0.15) is 0 Å². The molecule has 1 radical (unpaired) electrons. The summed E-state index contributed by atoms with van der Waals surface area (Å²) in [6.07, 6.45) is 4.03. The average Bonchev–Trinajstić information content (AvgIpc) is 1.98. The highest BCUT2D eigenvalue weighted by molar-refractivity contribution is 4.67. The maximum Gasteiger partial charge on any atom is -0.0414 e. The third-order valence-electron chi connectivity index (χ3n) is 2.94. The van der Waals surface area contributed by atoms with Gasteiger partial charge in [-0.05, 0) is 30.1 Å². The van der Waals surface area contributed by atoms with E-state index in [0.29, 0.717) is 5.92 Å². The van der Waals surface area contributed by atoms with E-state index < -0.39 is 0 Å².